The third-order valence-corrected chi connectivity index (χ3v) is 3.30. The Bertz CT molecular complexity index is 602. The van der Waals surface area contributed by atoms with E-state index in [1.807, 2.05) is 0 Å². The van der Waals surface area contributed by atoms with E-state index in [0.717, 1.165) is 12.2 Å². The van der Waals surface area contributed by atoms with Crippen LogP contribution in [0.2, 0.25) is 0 Å². The number of nitrogens with zero attached hydrogens (tertiary/aromatic N) is 2. The summed E-state index contributed by atoms with van der Waals surface area (Å²) in [6.07, 6.45) is 0.803. The van der Waals surface area contributed by atoms with Crippen molar-refractivity contribution in [1.29, 1.82) is 0 Å². The zero-order chi connectivity index (χ0) is 13.3. The molecular formula is C14H19N3S. The Labute approximate surface area is 113 Å². The van der Waals surface area contributed by atoms with Gasteiger partial charge >= 0.3 is 0 Å². The summed E-state index contributed by atoms with van der Waals surface area (Å²) in [5.41, 5.74) is 2.52. The molecule has 0 aliphatic heterocycles. The molecule has 0 saturated heterocycles. The van der Waals surface area contributed by atoms with Gasteiger partial charge in [0.05, 0.1) is 0 Å². The molecule has 0 unspecified atom stereocenters. The van der Waals surface area contributed by atoms with Gasteiger partial charge in [0.25, 0.3) is 0 Å². The van der Waals surface area contributed by atoms with Crippen molar-refractivity contribution in [2.24, 2.45) is 0 Å². The van der Waals surface area contributed by atoms with Gasteiger partial charge in [-0.25, -0.2) is 0 Å². The summed E-state index contributed by atoms with van der Waals surface area (Å²) >= 11 is 5.31. The number of hydrogen-bond acceptors (Lipinski definition) is 2. The van der Waals surface area contributed by atoms with Crippen LogP contribution in [-0.4, -0.2) is 14.8 Å². The van der Waals surface area contributed by atoms with Crippen molar-refractivity contribution < 1.29 is 0 Å². The van der Waals surface area contributed by atoms with Crippen LogP contribution in [0.15, 0.2) is 24.3 Å². The average molecular weight is 261 g/mol. The Morgan fingerprint density at radius 3 is 2.56 bits per heavy atom. The minimum Gasteiger partial charge on any atom is -0.298 e. The van der Waals surface area contributed by atoms with Crippen LogP contribution < -0.4 is 0 Å². The summed E-state index contributed by atoms with van der Waals surface area (Å²) in [5, 5.41) is 7.26. The molecular weight excluding hydrogens is 242 g/mol. The van der Waals surface area contributed by atoms with Gasteiger partial charge in [-0.15, -0.1) is 0 Å². The first-order chi connectivity index (χ1) is 8.39. The topological polar surface area (TPSA) is 33.6 Å². The van der Waals surface area contributed by atoms with E-state index in [1.165, 1.54) is 11.1 Å². The van der Waals surface area contributed by atoms with E-state index < -0.39 is 0 Å². The van der Waals surface area contributed by atoms with Gasteiger partial charge in [-0.3, -0.25) is 9.67 Å². The van der Waals surface area contributed by atoms with E-state index in [9.17, 15) is 0 Å². The highest BCUT2D eigenvalue weighted by molar-refractivity contribution is 7.71. The Balaban J connectivity index is 2.43. The molecule has 1 heterocycles. The van der Waals surface area contributed by atoms with Crippen LogP contribution in [0.1, 0.15) is 37.7 Å². The molecule has 1 aromatic heterocycles. The maximum atomic E-state index is 5.31. The molecule has 0 spiro atoms. The molecule has 0 radical (unpaired) electrons. The molecule has 3 nitrogen and oxygen atoms in total. The molecule has 0 bridgehead atoms. The second kappa shape index (κ2) is 4.69. The number of aromatic nitrogens is 3. The lowest BCUT2D eigenvalue weighted by Crippen LogP contribution is -2.24. The van der Waals surface area contributed by atoms with Crippen molar-refractivity contribution in [2.75, 3.05) is 0 Å². The molecule has 1 N–H and O–H groups in total. The maximum absolute atomic E-state index is 5.31. The van der Waals surface area contributed by atoms with Crippen molar-refractivity contribution in [1.82, 2.24) is 14.8 Å². The predicted octanol–water partition coefficient (Wildman–Crippen LogP) is 3.59. The fourth-order valence-electron chi connectivity index (χ4n) is 2.12. The molecule has 0 amide bonds. The smallest absolute Gasteiger partial charge is 0.195 e. The molecule has 4 heteroatoms. The highest BCUT2D eigenvalue weighted by Crippen LogP contribution is 2.19. The second-order valence-corrected chi connectivity index (χ2v) is 5.94. The first kappa shape index (κ1) is 13.0. The lowest BCUT2D eigenvalue weighted by Gasteiger charge is -2.22. The zero-order valence-electron chi connectivity index (χ0n) is 11.3. The number of rotatable bonds is 2. The van der Waals surface area contributed by atoms with Gasteiger partial charge in [0, 0.05) is 12.0 Å². The number of aromatic amines is 1. The Hall–Kier alpha value is -1.42. The second-order valence-electron chi connectivity index (χ2n) is 5.55. The van der Waals surface area contributed by atoms with Gasteiger partial charge in [0.1, 0.15) is 5.82 Å². The number of benzene rings is 1. The maximum Gasteiger partial charge on any atom is 0.195 e. The summed E-state index contributed by atoms with van der Waals surface area (Å²) in [4.78, 5) is 0. The molecule has 0 fully saturated rings. The normalized spacial score (nSPS) is 11.8. The van der Waals surface area contributed by atoms with Crippen molar-refractivity contribution >= 4 is 12.2 Å². The van der Waals surface area contributed by atoms with Gasteiger partial charge in [0.15, 0.2) is 4.77 Å². The van der Waals surface area contributed by atoms with Crippen LogP contribution in [0, 0.1) is 11.7 Å². The van der Waals surface area contributed by atoms with E-state index in [-0.39, 0.29) is 5.54 Å². The van der Waals surface area contributed by atoms with E-state index in [1.54, 1.807) is 0 Å². The van der Waals surface area contributed by atoms with Crippen LogP contribution >= 0.6 is 12.2 Å². The number of nitrogens with one attached hydrogen (secondary N) is 1. The SMILES string of the molecule is Cc1ccccc1Cc1n[nH]c(=S)n1C(C)(C)C. The molecule has 2 aromatic rings. The fourth-order valence-corrected chi connectivity index (χ4v) is 2.54. The quantitative estimate of drug-likeness (QED) is 0.838. The summed E-state index contributed by atoms with van der Waals surface area (Å²) in [6.45, 7) is 8.54. The molecule has 0 atom stereocenters. The van der Waals surface area contributed by atoms with E-state index >= 15 is 0 Å². The molecule has 1 aromatic carbocycles. The molecule has 0 saturated carbocycles. The third-order valence-electron chi connectivity index (χ3n) is 3.02. The average Bonchev–Trinajstić information content (AvgIpc) is 2.62. The highest BCUT2D eigenvalue weighted by Gasteiger charge is 2.19. The Morgan fingerprint density at radius 2 is 1.94 bits per heavy atom. The van der Waals surface area contributed by atoms with Crippen molar-refractivity contribution in [3.8, 4) is 0 Å². The molecule has 18 heavy (non-hydrogen) atoms. The summed E-state index contributed by atoms with van der Waals surface area (Å²) in [7, 11) is 0. The molecule has 2 rings (SSSR count). The van der Waals surface area contributed by atoms with Crippen LogP contribution in [0.25, 0.3) is 0 Å². The summed E-state index contributed by atoms with van der Waals surface area (Å²) < 4.78 is 2.78. The van der Waals surface area contributed by atoms with Gasteiger partial charge in [0.2, 0.25) is 0 Å². The molecule has 96 valence electrons. The minimum absolute atomic E-state index is 0.0535. The zero-order valence-corrected chi connectivity index (χ0v) is 12.1. The number of hydrogen-bond donors (Lipinski definition) is 1. The van der Waals surface area contributed by atoms with E-state index in [2.05, 4.69) is 66.7 Å². The van der Waals surface area contributed by atoms with Crippen molar-refractivity contribution in [3.63, 3.8) is 0 Å². The molecule has 0 aliphatic carbocycles. The lowest BCUT2D eigenvalue weighted by molar-refractivity contribution is 0.380. The van der Waals surface area contributed by atoms with Gasteiger partial charge in [-0.1, -0.05) is 24.3 Å². The van der Waals surface area contributed by atoms with Crippen molar-refractivity contribution in [3.05, 3.63) is 46.0 Å². The Kier molecular flexibility index (Phi) is 3.39. The Morgan fingerprint density at radius 1 is 1.28 bits per heavy atom. The van der Waals surface area contributed by atoms with Gasteiger partial charge in [-0.05, 0) is 51.0 Å². The van der Waals surface area contributed by atoms with E-state index in [0.29, 0.717) is 4.77 Å². The van der Waals surface area contributed by atoms with Gasteiger partial charge < -0.3 is 0 Å². The highest BCUT2D eigenvalue weighted by atomic mass is 32.1. The molecule has 0 aliphatic rings. The van der Waals surface area contributed by atoms with E-state index in [4.69, 9.17) is 12.2 Å². The number of aryl methyl sites for hydroxylation is 1. The van der Waals surface area contributed by atoms with Crippen molar-refractivity contribution in [2.45, 2.75) is 39.7 Å². The third kappa shape index (κ3) is 2.53. The number of H-pyrrole nitrogens is 1. The van der Waals surface area contributed by atoms with Crippen LogP contribution in [-0.2, 0) is 12.0 Å². The van der Waals surface area contributed by atoms with Crippen LogP contribution in [0.3, 0.4) is 0 Å². The lowest BCUT2D eigenvalue weighted by atomic mass is 10.0. The fraction of sp³-hybridized carbons (Fsp3) is 0.429. The first-order valence-corrected chi connectivity index (χ1v) is 6.51. The van der Waals surface area contributed by atoms with Crippen LogP contribution in [0.4, 0.5) is 0 Å². The van der Waals surface area contributed by atoms with Gasteiger partial charge in [-0.2, -0.15) is 5.10 Å². The summed E-state index contributed by atoms with van der Waals surface area (Å²) in [6, 6.07) is 8.38. The van der Waals surface area contributed by atoms with Crippen LogP contribution in [0.5, 0.6) is 0 Å². The minimum atomic E-state index is -0.0535. The monoisotopic (exact) mass is 261 g/mol. The first-order valence-electron chi connectivity index (χ1n) is 6.11. The standard InChI is InChI=1S/C14H19N3S/c1-10-7-5-6-8-11(10)9-12-15-16-13(18)17(12)14(2,3)4/h5-8H,9H2,1-4H3,(H,16,18). The largest absolute Gasteiger partial charge is 0.298 e. The predicted molar refractivity (Wildman–Crippen MR) is 76.4 cm³/mol. The summed E-state index contributed by atoms with van der Waals surface area (Å²) in [5.74, 6) is 0.988.